The summed E-state index contributed by atoms with van der Waals surface area (Å²) in [6.07, 6.45) is 0.875. The molecule has 0 aliphatic heterocycles. The molecule has 0 spiro atoms. The molecule has 0 aromatic carbocycles. The summed E-state index contributed by atoms with van der Waals surface area (Å²) in [5.74, 6) is 0. The van der Waals surface area contributed by atoms with E-state index in [0.29, 0.717) is 0 Å². The Labute approximate surface area is 31.3 Å². The molecule has 0 saturated heterocycles. The summed E-state index contributed by atoms with van der Waals surface area (Å²) in [5.41, 5.74) is 0. The van der Waals surface area contributed by atoms with Crippen molar-refractivity contribution in [2.75, 3.05) is 0 Å². The summed E-state index contributed by atoms with van der Waals surface area (Å²) in [5, 5.41) is 6.22. The van der Waals surface area contributed by atoms with Crippen LogP contribution in [0.4, 0.5) is 0 Å². The smallest absolute Gasteiger partial charge is 0.167 e. The average molecular weight is 72.1 g/mol. The van der Waals surface area contributed by atoms with Gasteiger partial charge in [-0.25, -0.2) is 0 Å². The van der Waals surface area contributed by atoms with E-state index in [2.05, 4.69) is 4.74 Å². The Hall–Kier alpha value is -0.530. The van der Waals surface area contributed by atoms with E-state index >= 15 is 0 Å². The highest BCUT2D eigenvalue weighted by Gasteiger charge is 1.59. The molecule has 0 saturated carbocycles. The topological polar surface area (TPSA) is 33.1 Å². The normalized spacial score (nSPS) is 6.60. The van der Waals surface area contributed by atoms with Crippen LogP contribution in [0.2, 0.25) is 0 Å². The summed E-state index contributed by atoms with van der Waals surface area (Å²) in [6, 6.07) is 0. The molecule has 0 bridgehead atoms. The minimum Gasteiger partial charge on any atom is -0.477 e. The van der Waals surface area contributed by atoms with Gasteiger partial charge in [0, 0.05) is 0 Å². The van der Waals surface area contributed by atoms with E-state index in [1.54, 1.807) is 6.92 Å². The van der Waals surface area contributed by atoms with Gasteiger partial charge in [0.15, 0.2) is 6.40 Å². The van der Waals surface area contributed by atoms with Crippen molar-refractivity contribution in [2.24, 2.45) is 0 Å². The van der Waals surface area contributed by atoms with Crippen molar-refractivity contribution in [3.8, 4) is 0 Å². The molecule has 5 heavy (non-hydrogen) atoms. The lowest BCUT2D eigenvalue weighted by molar-refractivity contribution is 0.421. The fourth-order valence-corrected chi connectivity index (χ4v) is 0.0680. The molecular weight excluding hydrogens is 66.0 g/mol. The fourth-order valence-electron chi connectivity index (χ4n) is 0.0680. The van der Waals surface area contributed by atoms with Crippen LogP contribution in [-0.2, 0) is 4.74 Å². The molecule has 0 heterocycles. The van der Waals surface area contributed by atoms with E-state index in [1.807, 2.05) is 0 Å². The number of ether oxygens (including phenoxy) is 1. The summed E-state index contributed by atoms with van der Waals surface area (Å²) >= 11 is 0. The summed E-state index contributed by atoms with van der Waals surface area (Å²) in [4.78, 5) is 0. The van der Waals surface area contributed by atoms with Crippen LogP contribution in [0.3, 0.4) is 0 Å². The number of nitrogens with one attached hydrogen (secondary N) is 1. The number of hydrogen-bond donors (Lipinski definition) is 1. The second kappa shape index (κ2) is 3.47. The van der Waals surface area contributed by atoms with Crippen LogP contribution < -0.4 is 0 Å². The highest BCUT2D eigenvalue weighted by atomic mass is 16.5. The van der Waals surface area contributed by atoms with Crippen molar-refractivity contribution in [3.63, 3.8) is 0 Å². The van der Waals surface area contributed by atoms with Crippen LogP contribution >= 0.6 is 0 Å². The summed E-state index contributed by atoms with van der Waals surface area (Å²) in [6.45, 7) is 3.15. The molecule has 0 aliphatic rings. The summed E-state index contributed by atoms with van der Waals surface area (Å²) < 4.78 is 4.25. The zero-order chi connectivity index (χ0) is 4.12. The quantitative estimate of drug-likeness (QED) is 0.379. The third kappa shape index (κ3) is 3.47. The van der Waals surface area contributed by atoms with Gasteiger partial charge in [-0.3, -0.25) is 5.41 Å². The van der Waals surface area contributed by atoms with Gasteiger partial charge in [-0.05, 0) is 6.92 Å². The highest BCUT2D eigenvalue weighted by Crippen LogP contribution is 1.65. The first-order valence-corrected chi connectivity index (χ1v) is 1.34. The molecule has 2 heteroatoms. The maximum atomic E-state index is 6.22. The molecule has 0 rings (SSSR count). The van der Waals surface area contributed by atoms with Gasteiger partial charge in [0.05, 0.1) is 0 Å². The number of rotatable bonds is 2. The van der Waals surface area contributed by atoms with E-state index in [1.165, 1.54) is 6.61 Å². The molecule has 0 aromatic rings. The average Bonchev–Trinajstić information content (AvgIpc) is 1.41. The van der Waals surface area contributed by atoms with Crippen molar-refractivity contribution in [3.05, 3.63) is 6.61 Å². The van der Waals surface area contributed by atoms with Crippen LogP contribution in [0.15, 0.2) is 0 Å². The van der Waals surface area contributed by atoms with Crippen LogP contribution in [-0.4, -0.2) is 6.40 Å². The van der Waals surface area contributed by atoms with Crippen LogP contribution in [0, 0.1) is 12.0 Å². The third-order valence-electron chi connectivity index (χ3n) is 0.204. The van der Waals surface area contributed by atoms with Crippen molar-refractivity contribution in [2.45, 2.75) is 6.92 Å². The van der Waals surface area contributed by atoms with Crippen molar-refractivity contribution < 1.29 is 4.74 Å². The molecule has 2 nitrogen and oxygen atoms in total. The van der Waals surface area contributed by atoms with Crippen molar-refractivity contribution >= 4 is 6.40 Å². The highest BCUT2D eigenvalue weighted by molar-refractivity contribution is 5.41. The lowest BCUT2D eigenvalue weighted by Gasteiger charge is -1.81. The first kappa shape index (κ1) is 4.47. The van der Waals surface area contributed by atoms with Crippen LogP contribution in [0.5, 0.6) is 0 Å². The van der Waals surface area contributed by atoms with E-state index in [4.69, 9.17) is 5.41 Å². The molecule has 1 N–H and O–H groups in total. The minimum atomic E-state index is 0.875. The molecule has 0 fully saturated rings. The van der Waals surface area contributed by atoms with E-state index in [9.17, 15) is 0 Å². The Morgan fingerprint density at radius 3 is 2.40 bits per heavy atom. The largest absolute Gasteiger partial charge is 0.477 e. The summed E-state index contributed by atoms with van der Waals surface area (Å²) in [7, 11) is 0. The zero-order valence-corrected chi connectivity index (χ0v) is 3.06. The van der Waals surface area contributed by atoms with Gasteiger partial charge in [-0.15, -0.1) is 0 Å². The Balaban J connectivity index is 2.40. The van der Waals surface area contributed by atoms with Gasteiger partial charge in [-0.1, -0.05) is 0 Å². The van der Waals surface area contributed by atoms with E-state index in [-0.39, 0.29) is 0 Å². The standard InChI is InChI=1S/C3H6NO/c1-2-5-3-4/h2-4H,1H3. The maximum absolute atomic E-state index is 6.22. The molecule has 0 amide bonds. The molecular formula is C3H6NO. The van der Waals surface area contributed by atoms with Crippen LogP contribution in [0.25, 0.3) is 0 Å². The van der Waals surface area contributed by atoms with Gasteiger partial charge in [-0.2, -0.15) is 0 Å². The lowest BCUT2D eigenvalue weighted by atomic mass is 10.9. The first-order valence-electron chi connectivity index (χ1n) is 1.34. The van der Waals surface area contributed by atoms with E-state index < -0.39 is 0 Å². The molecule has 1 radical (unpaired) electrons. The predicted octanol–water partition coefficient (Wildman–Crippen LogP) is 0.792. The molecule has 0 aromatic heterocycles. The third-order valence-corrected chi connectivity index (χ3v) is 0.204. The first-order chi connectivity index (χ1) is 2.41. The Kier molecular flexibility index (Phi) is 3.10. The minimum absolute atomic E-state index is 0.875. The molecule has 0 atom stereocenters. The van der Waals surface area contributed by atoms with Gasteiger partial charge in [0.25, 0.3) is 0 Å². The predicted molar refractivity (Wildman–Crippen MR) is 19.8 cm³/mol. The maximum Gasteiger partial charge on any atom is 0.167 e. The fraction of sp³-hybridized carbons (Fsp3) is 0.333. The molecule has 0 unspecified atom stereocenters. The van der Waals surface area contributed by atoms with Gasteiger partial charge in [0.1, 0.15) is 6.61 Å². The van der Waals surface area contributed by atoms with Gasteiger partial charge >= 0.3 is 0 Å². The van der Waals surface area contributed by atoms with Crippen molar-refractivity contribution in [1.82, 2.24) is 0 Å². The monoisotopic (exact) mass is 72.0 g/mol. The Morgan fingerprint density at radius 1 is 1.80 bits per heavy atom. The zero-order valence-electron chi connectivity index (χ0n) is 3.06. The van der Waals surface area contributed by atoms with E-state index in [0.717, 1.165) is 6.40 Å². The SMILES string of the molecule is C[CH]OC=N. The molecule has 29 valence electrons. The van der Waals surface area contributed by atoms with Gasteiger partial charge < -0.3 is 4.74 Å². The number of hydrogen-bond acceptors (Lipinski definition) is 2. The lowest BCUT2D eigenvalue weighted by Crippen LogP contribution is -1.72. The van der Waals surface area contributed by atoms with Crippen molar-refractivity contribution in [1.29, 1.82) is 5.41 Å². The Bertz CT molecular complexity index is 28.1. The van der Waals surface area contributed by atoms with Gasteiger partial charge in [0.2, 0.25) is 0 Å². The van der Waals surface area contributed by atoms with Crippen LogP contribution in [0.1, 0.15) is 6.92 Å². The Morgan fingerprint density at radius 2 is 2.40 bits per heavy atom. The second-order valence-corrected chi connectivity index (χ2v) is 0.490. The molecule has 0 aliphatic carbocycles. The second-order valence-electron chi connectivity index (χ2n) is 0.490.